The fourth-order valence-corrected chi connectivity index (χ4v) is 3.30. The van der Waals surface area contributed by atoms with Crippen molar-refractivity contribution in [3.05, 3.63) is 57.2 Å². The molecule has 3 rings (SSSR count). The third kappa shape index (κ3) is 3.68. The van der Waals surface area contributed by atoms with Crippen LogP contribution in [0.3, 0.4) is 0 Å². The first kappa shape index (κ1) is 20.4. The lowest BCUT2D eigenvalue weighted by Crippen LogP contribution is -2.30. The summed E-state index contributed by atoms with van der Waals surface area (Å²) in [7, 11) is 0. The zero-order valence-corrected chi connectivity index (χ0v) is 15.9. The molecule has 0 bridgehead atoms. The average Bonchev–Trinajstić information content (AvgIpc) is 2.94. The molecule has 11 heteroatoms. The Morgan fingerprint density at radius 3 is 2.62 bits per heavy atom. The molecule has 29 heavy (non-hydrogen) atoms. The SMILES string of the molecule is N#Cc1nc(C(=O)NCC(=O)O)c(O)c2c(Cl)c(Cl)n(Cc3ccccc3F)c12. The van der Waals surface area contributed by atoms with E-state index in [-0.39, 0.29) is 38.9 Å². The second-order valence-corrected chi connectivity index (χ2v) is 6.59. The molecule has 0 aliphatic carbocycles. The number of amides is 1. The van der Waals surface area contributed by atoms with Gasteiger partial charge in [-0.05, 0) is 6.07 Å². The maximum Gasteiger partial charge on any atom is 0.322 e. The number of nitrogens with one attached hydrogen (secondary N) is 1. The van der Waals surface area contributed by atoms with Gasteiger partial charge in [0.05, 0.1) is 22.5 Å². The summed E-state index contributed by atoms with van der Waals surface area (Å²) in [5.74, 6) is -3.52. The standard InChI is InChI=1S/C18H11Cl2FN4O4/c19-13-12-15(25(17(13)20)7-8-3-1-2-4-9(8)21)10(5-22)24-14(16(12)28)18(29)23-6-11(26)27/h1-4,28H,6-7H2,(H,23,29)(H,26,27). The summed E-state index contributed by atoms with van der Waals surface area (Å²) in [5, 5.41) is 30.4. The summed E-state index contributed by atoms with van der Waals surface area (Å²) >= 11 is 12.5. The molecular weight excluding hydrogens is 426 g/mol. The molecule has 8 nitrogen and oxygen atoms in total. The van der Waals surface area contributed by atoms with Crippen molar-refractivity contribution in [3.8, 4) is 11.8 Å². The lowest BCUT2D eigenvalue weighted by atomic mass is 10.1. The van der Waals surface area contributed by atoms with Crippen LogP contribution in [-0.2, 0) is 11.3 Å². The maximum absolute atomic E-state index is 14.1. The summed E-state index contributed by atoms with van der Waals surface area (Å²) in [5.41, 5.74) is -0.631. The van der Waals surface area contributed by atoms with E-state index in [1.807, 2.05) is 5.32 Å². The molecule has 0 atom stereocenters. The molecule has 0 aliphatic rings. The van der Waals surface area contributed by atoms with E-state index < -0.39 is 35.7 Å². The van der Waals surface area contributed by atoms with Crippen molar-refractivity contribution in [2.75, 3.05) is 6.54 Å². The highest BCUT2D eigenvalue weighted by atomic mass is 35.5. The third-order valence-electron chi connectivity index (χ3n) is 4.06. The summed E-state index contributed by atoms with van der Waals surface area (Å²) in [6, 6.07) is 7.68. The number of pyridine rings is 1. The molecule has 2 heterocycles. The van der Waals surface area contributed by atoms with Crippen molar-refractivity contribution >= 4 is 46.0 Å². The summed E-state index contributed by atoms with van der Waals surface area (Å²) < 4.78 is 15.4. The number of halogens is 3. The van der Waals surface area contributed by atoms with Crippen LogP contribution in [0.15, 0.2) is 24.3 Å². The number of rotatable bonds is 5. The van der Waals surface area contributed by atoms with Gasteiger partial charge in [0.1, 0.15) is 23.6 Å². The van der Waals surface area contributed by atoms with Crippen molar-refractivity contribution < 1.29 is 24.2 Å². The molecule has 2 aromatic heterocycles. The second-order valence-electron chi connectivity index (χ2n) is 5.85. The normalized spacial score (nSPS) is 10.7. The van der Waals surface area contributed by atoms with E-state index in [0.29, 0.717) is 0 Å². The minimum atomic E-state index is -1.31. The Kier molecular flexibility index (Phi) is 5.59. The van der Waals surface area contributed by atoms with Crippen LogP contribution in [0.5, 0.6) is 5.75 Å². The molecule has 0 unspecified atom stereocenters. The zero-order chi connectivity index (χ0) is 21.3. The molecule has 0 spiro atoms. The number of fused-ring (bicyclic) bond motifs is 1. The summed E-state index contributed by atoms with van der Waals surface area (Å²) in [4.78, 5) is 26.6. The van der Waals surface area contributed by atoms with E-state index in [2.05, 4.69) is 4.98 Å². The van der Waals surface area contributed by atoms with Crippen LogP contribution in [0.1, 0.15) is 21.7 Å². The lowest BCUT2D eigenvalue weighted by Gasteiger charge is -2.11. The molecule has 3 N–H and O–H groups in total. The van der Waals surface area contributed by atoms with Gasteiger partial charge in [-0.15, -0.1) is 0 Å². The first-order chi connectivity index (χ1) is 13.8. The Labute approximate surface area is 172 Å². The van der Waals surface area contributed by atoms with Crippen molar-refractivity contribution in [2.24, 2.45) is 0 Å². The largest absolute Gasteiger partial charge is 0.505 e. The van der Waals surface area contributed by atoms with E-state index in [0.717, 1.165) is 0 Å². The Hall–Kier alpha value is -3.35. The molecule has 1 aromatic carbocycles. The Balaban J connectivity index is 2.22. The Morgan fingerprint density at radius 2 is 2.00 bits per heavy atom. The lowest BCUT2D eigenvalue weighted by molar-refractivity contribution is -0.135. The number of carboxylic acid groups (broad SMARTS) is 1. The van der Waals surface area contributed by atoms with Gasteiger partial charge in [0, 0.05) is 5.56 Å². The molecule has 0 aliphatic heterocycles. The second kappa shape index (κ2) is 7.95. The van der Waals surface area contributed by atoms with Crippen molar-refractivity contribution in [1.82, 2.24) is 14.9 Å². The monoisotopic (exact) mass is 436 g/mol. The van der Waals surface area contributed by atoms with Crippen LogP contribution in [0.2, 0.25) is 10.2 Å². The fraction of sp³-hybridized carbons (Fsp3) is 0.111. The van der Waals surface area contributed by atoms with Gasteiger partial charge < -0.3 is 20.1 Å². The van der Waals surface area contributed by atoms with Gasteiger partial charge in [0.15, 0.2) is 17.1 Å². The van der Waals surface area contributed by atoms with Crippen LogP contribution in [-0.4, -0.2) is 38.2 Å². The molecule has 0 saturated heterocycles. The number of aromatic hydroxyl groups is 1. The number of carbonyl (C=O) groups excluding carboxylic acids is 1. The molecule has 0 radical (unpaired) electrons. The highest BCUT2D eigenvalue weighted by molar-refractivity contribution is 6.46. The van der Waals surface area contributed by atoms with Gasteiger partial charge >= 0.3 is 5.97 Å². The molecule has 0 fully saturated rings. The van der Waals surface area contributed by atoms with Gasteiger partial charge in [0.2, 0.25) is 0 Å². The number of carbonyl (C=O) groups is 2. The quantitative estimate of drug-likeness (QED) is 0.563. The van der Waals surface area contributed by atoms with Gasteiger partial charge in [-0.1, -0.05) is 41.4 Å². The van der Waals surface area contributed by atoms with E-state index >= 15 is 0 Å². The predicted octanol–water partition coefficient (Wildman–Crippen LogP) is 2.92. The van der Waals surface area contributed by atoms with Gasteiger partial charge in [-0.3, -0.25) is 9.59 Å². The number of hydrogen-bond donors (Lipinski definition) is 3. The van der Waals surface area contributed by atoms with Crippen molar-refractivity contribution in [2.45, 2.75) is 6.54 Å². The van der Waals surface area contributed by atoms with Crippen LogP contribution in [0.4, 0.5) is 4.39 Å². The van der Waals surface area contributed by atoms with Crippen molar-refractivity contribution in [3.63, 3.8) is 0 Å². The van der Waals surface area contributed by atoms with E-state index in [1.165, 1.54) is 22.8 Å². The highest BCUT2D eigenvalue weighted by Crippen LogP contribution is 2.42. The summed E-state index contributed by atoms with van der Waals surface area (Å²) in [6.45, 7) is -0.836. The predicted molar refractivity (Wildman–Crippen MR) is 102 cm³/mol. The third-order valence-corrected chi connectivity index (χ3v) is 4.92. The topological polar surface area (TPSA) is 128 Å². The summed E-state index contributed by atoms with van der Waals surface area (Å²) in [6.07, 6.45) is 0. The number of carboxylic acids is 1. The maximum atomic E-state index is 14.1. The van der Waals surface area contributed by atoms with Crippen molar-refractivity contribution in [1.29, 1.82) is 5.26 Å². The van der Waals surface area contributed by atoms with Crippen LogP contribution < -0.4 is 5.32 Å². The van der Waals surface area contributed by atoms with Crippen LogP contribution in [0, 0.1) is 17.1 Å². The van der Waals surface area contributed by atoms with E-state index in [4.69, 9.17) is 28.3 Å². The van der Waals surface area contributed by atoms with E-state index in [9.17, 15) is 24.3 Å². The molecule has 148 valence electrons. The van der Waals surface area contributed by atoms with Gasteiger partial charge in [0.25, 0.3) is 5.91 Å². The number of benzene rings is 1. The first-order valence-corrected chi connectivity index (χ1v) is 8.75. The highest BCUT2D eigenvalue weighted by Gasteiger charge is 2.27. The van der Waals surface area contributed by atoms with E-state index in [1.54, 1.807) is 12.1 Å². The fourth-order valence-electron chi connectivity index (χ4n) is 2.78. The number of nitrogens with zero attached hydrogens (tertiary/aromatic N) is 3. The first-order valence-electron chi connectivity index (χ1n) is 7.99. The smallest absolute Gasteiger partial charge is 0.322 e. The number of hydrogen-bond acceptors (Lipinski definition) is 5. The number of aliphatic carboxylic acids is 1. The Bertz CT molecular complexity index is 1200. The van der Waals surface area contributed by atoms with Gasteiger partial charge in [-0.2, -0.15) is 5.26 Å². The molecule has 1 amide bonds. The molecular formula is C18H11Cl2FN4O4. The molecule has 0 saturated carbocycles. The minimum Gasteiger partial charge on any atom is -0.505 e. The number of aromatic nitrogens is 2. The average molecular weight is 437 g/mol. The van der Waals surface area contributed by atoms with Crippen LogP contribution >= 0.6 is 23.2 Å². The minimum absolute atomic E-state index is 0.0121. The zero-order valence-electron chi connectivity index (χ0n) is 14.4. The van der Waals surface area contributed by atoms with Crippen LogP contribution in [0.25, 0.3) is 10.9 Å². The number of nitriles is 1. The Morgan fingerprint density at radius 1 is 1.31 bits per heavy atom. The van der Waals surface area contributed by atoms with Gasteiger partial charge in [-0.25, -0.2) is 9.37 Å². The molecule has 3 aromatic rings.